The molecule has 0 bridgehead atoms. The lowest BCUT2D eigenvalue weighted by Gasteiger charge is -2.12. The van der Waals surface area contributed by atoms with Crippen LogP contribution in [0.25, 0.3) is 0 Å². The van der Waals surface area contributed by atoms with Crippen molar-refractivity contribution >= 4 is 23.3 Å². The lowest BCUT2D eigenvalue weighted by Crippen LogP contribution is -2.21. The Morgan fingerprint density at radius 1 is 1.08 bits per heavy atom. The molecule has 2 rings (SSSR count). The summed E-state index contributed by atoms with van der Waals surface area (Å²) in [5.74, 6) is -0.687. The molecule has 2 N–H and O–H groups in total. The summed E-state index contributed by atoms with van der Waals surface area (Å²) in [6.45, 7) is 1.64. The zero-order chi connectivity index (χ0) is 18.2. The third-order valence-electron chi connectivity index (χ3n) is 3.45. The summed E-state index contributed by atoms with van der Waals surface area (Å²) in [4.78, 5) is 29.9. The van der Waals surface area contributed by atoms with Crippen LogP contribution in [0.2, 0.25) is 0 Å². The Balaban J connectivity index is 1.99. The fourth-order valence-electron chi connectivity index (χ4n) is 2.10. The number of hydrogen-bond donors (Lipinski definition) is 2. The highest BCUT2D eigenvalue weighted by atomic mass is 16.5. The quantitative estimate of drug-likeness (QED) is 0.750. The SMILES string of the molecule is COC(=O)c1ccc(NC(=O)c2cncc(NCCN(C)C)c2)cc1. The van der Waals surface area contributed by atoms with Crippen LogP contribution in [0.5, 0.6) is 0 Å². The van der Waals surface area contributed by atoms with Crippen LogP contribution in [-0.4, -0.2) is 56.1 Å². The van der Waals surface area contributed by atoms with E-state index >= 15 is 0 Å². The first kappa shape index (κ1) is 18.4. The van der Waals surface area contributed by atoms with E-state index in [1.165, 1.54) is 13.3 Å². The summed E-state index contributed by atoms with van der Waals surface area (Å²) in [7, 11) is 5.31. The van der Waals surface area contributed by atoms with Crippen molar-refractivity contribution in [1.29, 1.82) is 0 Å². The van der Waals surface area contributed by atoms with Crippen molar-refractivity contribution < 1.29 is 14.3 Å². The zero-order valence-corrected chi connectivity index (χ0v) is 14.6. The molecule has 1 aromatic heterocycles. The largest absolute Gasteiger partial charge is 0.465 e. The van der Waals surface area contributed by atoms with Crippen LogP contribution in [-0.2, 0) is 4.74 Å². The zero-order valence-electron chi connectivity index (χ0n) is 14.6. The topological polar surface area (TPSA) is 83.6 Å². The van der Waals surface area contributed by atoms with E-state index in [1.807, 2.05) is 14.1 Å². The summed E-state index contributed by atoms with van der Waals surface area (Å²) >= 11 is 0. The predicted molar refractivity (Wildman–Crippen MR) is 97.0 cm³/mol. The van der Waals surface area contributed by atoms with E-state index in [9.17, 15) is 9.59 Å². The van der Waals surface area contributed by atoms with Crippen molar-refractivity contribution in [3.05, 3.63) is 53.9 Å². The first-order chi connectivity index (χ1) is 12.0. The molecule has 25 heavy (non-hydrogen) atoms. The van der Waals surface area contributed by atoms with Crippen molar-refractivity contribution in [3.8, 4) is 0 Å². The van der Waals surface area contributed by atoms with Crippen LogP contribution in [0, 0.1) is 0 Å². The van der Waals surface area contributed by atoms with Gasteiger partial charge in [0.05, 0.1) is 23.9 Å². The molecule has 0 aliphatic carbocycles. The molecule has 132 valence electrons. The summed E-state index contributed by atoms with van der Waals surface area (Å²) in [5, 5.41) is 6.00. The van der Waals surface area contributed by atoms with Crippen LogP contribution in [0.4, 0.5) is 11.4 Å². The molecule has 0 saturated heterocycles. The number of aromatic nitrogens is 1. The summed E-state index contributed by atoms with van der Waals surface area (Å²) < 4.78 is 4.64. The van der Waals surface area contributed by atoms with Crippen LogP contribution in [0.3, 0.4) is 0 Å². The number of rotatable bonds is 7. The van der Waals surface area contributed by atoms with Gasteiger partial charge in [0.25, 0.3) is 5.91 Å². The predicted octanol–water partition coefficient (Wildman–Crippen LogP) is 2.09. The standard InChI is InChI=1S/C18H22N4O3/c1-22(2)9-8-20-16-10-14(11-19-12-16)17(23)21-15-6-4-13(5-7-15)18(24)25-3/h4-7,10-12,20H,8-9H2,1-3H3,(H,21,23). The smallest absolute Gasteiger partial charge is 0.337 e. The molecule has 0 fully saturated rings. The van der Waals surface area contributed by atoms with E-state index in [0.29, 0.717) is 16.8 Å². The normalized spacial score (nSPS) is 10.4. The molecular weight excluding hydrogens is 320 g/mol. The molecule has 1 aromatic carbocycles. The van der Waals surface area contributed by atoms with E-state index in [-0.39, 0.29) is 5.91 Å². The summed E-state index contributed by atoms with van der Waals surface area (Å²) in [6.07, 6.45) is 3.19. The van der Waals surface area contributed by atoms with Gasteiger partial charge in [0, 0.05) is 31.2 Å². The van der Waals surface area contributed by atoms with Gasteiger partial charge in [0.15, 0.2) is 0 Å². The van der Waals surface area contributed by atoms with Gasteiger partial charge < -0.3 is 20.3 Å². The minimum Gasteiger partial charge on any atom is -0.465 e. The number of carbonyl (C=O) groups excluding carboxylic acids is 2. The number of pyridine rings is 1. The van der Waals surface area contributed by atoms with Gasteiger partial charge in [0.2, 0.25) is 0 Å². The van der Waals surface area contributed by atoms with E-state index in [2.05, 4.69) is 25.3 Å². The van der Waals surface area contributed by atoms with Gasteiger partial charge >= 0.3 is 5.97 Å². The average molecular weight is 342 g/mol. The first-order valence-corrected chi connectivity index (χ1v) is 7.83. The number of nitrogens with one attached hydrogen (secondary N) is 2. The third-order valence-corrected chi connectivity index (χ3v) is 3.45. The van der Waals surface area contributed by atoms with E-state index in [1.54, 1.807) is 36.5 Å². The molecular formula is C18H22N4O3. The number of methoxy groups -OCH3 is 1. The van der Waals surface area contributed by atoms with Crippen molar-refractivity contribution in [2.45, 2.75) is 0 Å². The number of likely N-dealkylation sites (N-methyl/N-ethyl adjacent to an activating group) is 1. The second-order valence-electron chi connectivity index (χ2n) is 5.72. The highest BCUT2D eigenvalue weighted by Crippen LogP contribution is 2.14. The molecule has 1 heterocycles. The monoisotopic (exact) mass is 342 g/mol. The molecule has 0 aliphatic rings. The van der Waals surface area contributed by atoms with Gasteiger partial charge in [-0.05, 0) is 44.4 Å². The lowest BCUT2D eigenvalue weighted by atomic mass is 10.2. The number of hydrogen-bond acceptors (Lipinski definition) is 6. The van der Waals surface area contributed by atoms with Crippen LogP contribution in [0.1, 0.15) is 20.7 Å². The van der Waals surface area contributed by atoms with Crippen molar-refractivity contribution in [1.82, 2.24) is 9.88 Å². The highest BCUT2D eigenvalue weighted by Gasteiger charge is 2.09. The lowest BCUT2D eigenvalue weighted by molar-refractivity contribution is 0.0600. The van der Waals surface area contributed by atoms with Crippen LogP contribution in [0.15, 0.2) is 42.7 Å². The van der Waals surface area contributed by atoms with Gasteiger partial charge in [-0.15, -0.1) is 0 Å². The van der Waals surface area contributed by atoms with Crippen LogP contribution < -0.4 is 10.6 Å². The van der Waals surface area contributed by atoms with E-state index in [4.69, 9.17) is 0 Å². The maximum Gasteiger partial charge on any atom is 0.337 e. The van der Waals surface area contributed by atoms with Gasteiger partial charge in [-0.2, -0.15) is 0 Å². The fourth-order valence-corrected chi connectivity index (χ4v) is 2.10. The number of ether oxygens (including phenoxy) is 1. The Labute approximate surface area is 147 Å². The van der Waals surface area contributed by atoms with Crippen molar-refractivity contribution in [3.63, 3.8) is 0 Å². The average Bonchev–Trinajstić information content (AvgIpc) is 2.61. The second-order valence-corrected chi connectivity index (χ2v) is 5.72. The Bertz CT molecular complexity index is 729. The fraction of sp³-hybridized carbons (Fsp3) is 0.278. The van der Waals surface area contributed by atoms with E-state index in [0.717, 1.165) is 18.8 Å². The molecule has 0 saturated carbocycles. The molecule has 7 heteroatoms. The minimum atomic E-state index is -0.418. The third kappa shape index (κ3) is 5.58. The second kappa shape index (κ2) is 8.79. The maximum absolute atomic E-state index is 12.3. The number of amides is 1. The Hall–Kier alpha value is -2.93. The van der Waals surface area contributed by atoms with Crippen LogP contribution >= 0.6 is 0 Å². The number of carbonyl (C=O) groups is 2. The molecule has 0 spiro atoms. The van der Waals surface area contributed by atoms with Crippen molar-refractivity contribution in [2.24, 2.45) is 0 Å². The number of anilines is 2. The van der Waals surface area contributed by atoms with Gasteiger partial charge in [-0.3, -0.25) is 9.78 Å². The summed E-state index contributed by atoms with van der Waals surface area (Å²) in [5.41, 5.74) is 2.25. The highest BCUT2D eigenvalue weighted by molar-refractivity contribution is 6.04. The maximum atomic E-state index is 12.3. The van der Waals surface area contributed by atoms with Gasteiger partial charge in [-0.25, -0.2) is 4.79 Å². The number of esters is 1. The molecule has 0 aliphatic heterocycles. The Morgan fingerprint density at radius 3 is 2.44 bits per heavy atom. The van der Waals surface area contributed by atoms with E-state index < -0.39 is 5.97 Å². The summed E-state index contributed by atoms with van der Waals surface area (Å²) in [6, 6.07) is 8.24. The first-order valence-electron chi connectivity index (χ1n) is 7.83. The molecule has 0 radical (unpaired) electrons. The van der Waals surface area contributed by atoms with Gasteiger partial charge in [-0.1, -0.05) is 0 Å². The molecule has 2 aromatic rings. The van der Waals surface area contributed by atoms with Crippen molar-refractivity contribution in [2.75, 3.05) is 44.9 Å². The number of nitrogens with zero attached hydrogens (tertiary/aromatic N) is 2. The minimum absolute atomic E-state index is 0.269. The van der Waals surface area contributed by atoms with Gasteiger partial charge in [0.1, 0.15) is 0 Å². The molecule has 0 unspecified atom stereocenters. The molecule has 7 nitrogen and oxygen atoms in total. The Morgan fingerprint density at radius 2 is 1.80 bits per heavy atom. The molecule has 1 amide bonds. The Kier molecular flexibility index (Phi) is 6.47. The number of benzene rings is 1. The molecule has 0 atom stereocenters.